The zero-order valence-corrected chi connectivity index (χ0v) is 16.6. The highest BCUT2D eigenvalue weighted by Gasteiger charge is 2.48. The number of amides is 3. The van der Waals surface area contributed by atoms with Crippen molar-refractivity contribution in [2.75, 3.05) is 4.90 Å². The summed E-state index contributed by atoms with van der Waals surface area (Å²) in [6.45, 7) is 3.93. The van der Waals surface area contributed by atoms with Gasteiger partial charge in [-0.2, -0.15) is 0 Å². The molecular weight excluding hydrogens is 364 g/mol. The molecule has 0 bridgehead atoms. The van der Waals surface area contributed by atoms with E-state index in [0.717, 1.165) is 11.1 Å². The van der Waals surface area contributed by atoms with Crippen molar-refractivity contribution in [2.45, 2.75) is 32.7 Å². The molecule has 1 aliphatic carbocycles. The van der Waals surface area contributed by atoms with Crippen LogP contribution in [0.5, 0.6) is 0 Å². The molecule has 0 unspecified atom stereocenters. The Balaban J connectivity index is 1.47. The Morgan fingerprint density at radius 2 is 1.66 bits per heavy atom. The van der Waals surface area contributed by atoms with E-state index in [2.05, 4.69) is 11.4 Å². The minimum atomic E-state index is -0.263. The Kier molecular flexibility index (Phi) is 5.05. The number of imide groups is 1. The standard InChI is InChI=1S/C24H24N2O3/c1-15-8-13-20-21(14-15)24(29)26(23(20)28)19-11-9-18(10-12-19)22(27)25-16(2)17-6-4-3-5-7-17/h3-12,16,20-21H,13-14H2,1-2H3,(H,25,27)/t16-,20+,21+/m0/s1. The van der Waals surface area contributed by atoms with Crippen molar-refractivity contribution in [3.8, 4) is 0 Å². The molecule has 1 heterocycles. The van der Waals surface area contributed by atoms with Gasteiger partial charge in [0.05, 0.1) is 23.6 Å². The lowest BCUT2D eigenvalue weighted by Gasteiger charge is -2.18. The molecule has 0 spiro atoms. The van der Waals surface area contributed by atoms with Crippen molar-refractivity contribution in [1.82, 2.24) is 5.32 Å². The molecule has 5 nitrogen and oxygen atoms in total. The van der Waals surface area contributed by atoms with Crippen molar-refractivity contribution in [2.24, 2.45) is 11.8 Å². The Labute approximate surface area is 170 Å². The highest BCUT2D eigenvalue weighted by atomic mass is 16.2. The monoisotopic (exact) mass is 388 g/mol. The van der Waals surface area contributed by atoms with E-state index in [4.69, 9.17) is 0 Å². The Bertz CT molecular complexity index is 979. The average Bonchev–Trinajstić information content (AvgIpc) is 2.98. The summed E-state index contributed by atoms with van der Waals surface area (Å²) >= 11 is 0. The molecule has 1 N–H and O–H groups in total. The van der Waals surface area contributed by atoms with Gasteiger partial charge in [-0.1, -0.05) is 42.0 Å². The first kappa shape index (κ1) is 19.1. The summed E-state index contributed by atoms with van der Waals surface area (Å²) in [6, 6.07) is 16.3. The Hall–Kier alpha value is -3.21. The fourth-order valence-electron chi connectivity index (χ4n) is 4.16. The summed E-state index contributed by atoms with van der Waals surface area (Å²) in [4.78, 5) is 39.4. The third-order valence-corrected chi connectivity index (χ3v) is 5.86. The number of hydrogen-bond acceptors (Lipinski definition) is 3. The predicted octanol–water partition coefficient (Wildman–Crippen LogP) is 4.02. The zero-order chi connectivity index (χ0) is 20.5. The second-order valence-electron chi connectivity index (χ2n) is 7.87. The molecule has 5 heteroatoms. The normalized spacial score (nSPS) is 22.1. The summed E-state index contributed by atoms with van der Waals surface area (Å²) in [5.41, 5.74) is 3.20. The Morgan fingerprint density at radius 1 is 1.00 bits per heavy atom. The number of fused-ring (bicyclic) bond motifs is 1. The maximum Gasteiger partial charge on any atom is 0.251 e. The van der Waals surface area contributed by atoms with E-state index in [1.54, 1.807) is 24.3 Å². The first-order valence-corrected chi connectivity index (χ1v) is 9.95. The van der Waals surface area contributed by atoms with Crippen LogP contribution in [0.2, 0.25) is 0 Å². The topological polar surface area (TPSA) is 66.5 Å². The lowest BCUT2D eigenvalue weighted by atomic mass is 9.82. The first-order chi connectivity index (χ1) is 14.0. The maximum absolute atomic E-state index is 12.8. The second-order valence-corrected chi connectivity index (χ2v) is 7.87. The van der Waals surface area contributed by atoms with E-state index in [-0.39, 0.29) is 35.6 Å². The molecule has 2 aliphatic rings. The number of hydrogen-bond donors (Lipinski definition) is 1. The molecule has 2 aromatic carbocycles. The molecule has 0 aromatic heterocycles. The molecule has 3 amide bonds. The Morgan fingerprint density at radius 3 is 2.34 bits per heavy atom. The average molecular weight is 388 g/mol. The van der Waals surface area contributed by atoms with Crippen LogP contribution in [-0.4, -0.2) is 17.7 Å². The van der Waals surface area contributed by atoms with Gasteiger partial charge in [-0.05, 0) is 56.5 Å². The highest BCUT2D eigenvalue weighted by molar-refractivity contribution is 6.22. The van der Waals surface area contributed by atoms with Crippen LogP contribution in [0.25, 0.3) is 0 Å². The fraction of sp³-hybridized carbons (Fsp3) is 0.292. The van der Waals surface area contributed by atoms with E-state index >= 15 is 0 Å². The third-order valence-electron chi connectivity index (χ3n) is 5.86. The van der Waals surface area contributed by atoms with Gasteiger partial charge in [-0.15, -0.1) is 0 Å². The zero-order valence-electron chi connectivity index (χ0n) is 16.6. The summed E-state index contributed by atoms with van der Waals surface area (Å²) in [5, 5.41) is 2.97. The van der Waals surface area contributed by atoms with Crippen LogP contribution in [0.3, 0.4) is 0 Å². The molecule has 1 saturated heterocycles. The van der Waals surface area contributed by atoms with E-state index in [1.807, 2.05) is 44.2 Å². The number of nitrogens with zero attached hydrogens (tertiary/aromatic N) is 1. The van der Waals surface area contributed by atoms with Crippen molar-refractivity contribution in [3.05, 3.63) is 77.4 Å². The van der Waals surface area contributed by atoms with Gasteiger partial charge in [-0.3, -0.25) is 19.3 Å². The van der Waals surface area contributed by atoms with Gasteiger partial charge in [0.15, 0.2) is 0 Å². The molecule has 2 aromatic rings. The molecule has 1 aliphatic heterocycles. The van der Waals surface area contributed by atoms with E-state index in [0.29, 0.717) is 24.1 Å². The molecule has 29 heavy (non-hydrogen) atoms. The van der Waals surface area contributed by atoms with E-state index < -0.39 is 0 Å². The van der Waals surface area contributed by atoms with Gasteiger partial charge in [0.25, 0.3) is 5.91 Å². The van der Waals surface area contributed by atoms with Gasteiger partial charge in [0.2, 0.25) is 11.8 Å². The molecular formula is C24H24N2O3. The van der Waals surface area contributed by atoms with Crippen LogP contribution in [-0.2, 0) is 9.59 Å². The van der Waals surface area contributed by atoms with Gasteiger partial charge in [-0.25, -0.2) is 0 Å². The van der Waals surface area contributed by atoms with Crippen LogP contribution in [0, 0.1) is 11.8 Å². The van der Waals surface area contributed by atoms with Gasteiger partial charge in [0, 0.05) is 5.56 Å². The molecule has 0 saturated carbocycles. The fourth-order valence-corrected chi connectivity index (χ4v) is 4.16. The molecule has 0 radical (unpaired) electrons. The van der Waals surface area contributed by atoms with Crippen LogP contribution >= 0.6 is 0 Å². The molecule has 3 atom stereocenters. The lowest BCUT2D eigenvalue weighted by Crippen LogP contribution is -2.31. The highest BCUT2D eigenvalue weighted by Crippen LogP contribution is 2.39. The predicted molar refractivity (Wildman–Crippen MR) is 111 cm³/mol. The molecule has 4 rings (SSSR count). The molecule has 148 valence electrons. The maximum atomic E-state index is 12.8. The van der Waals surface area contributed by atoms with Crippen LogP contribution in [0.4, 0.5) is 5.69 Å². The minimum Gasteiger partial charge on any atom is -0.346 e. The SMILES string of the molecule is CC1=CC[C@H]2C(=O)N(c3ccc(C(=O)N[C@@H](C)c4ccccc4)cc3)C(=O)[C@@H]2C1. The van der Waals surface area contributed by atoms with E-state index in [9.17, 15) is 14.4 Å². The minimum absolute atomic E-state index is 0.121. The van der Waals surface area contributed by atoms with Crippen LogP contribution < -0.4 is 10.2 Å². The number of carbonyl (C=O) groups is 3. The second kappa shape index (κ2) is 7.66. The number of benzene rings is 2. The number of rotatable bonds is 4. The quantitative estimate of drug-likeness (QED) is 0.635. The van der Waals surface area contributed by atoms with Crippen LogP contribution in [0.1, 0.15) is 48.7 Å². The number of allylic oxidation sites excluding steroid dienone is 2. The van der Waals surface area contributed by atoms with Gasteiger partial charge < -0.3 is 5.32 Å². The van der Waals surface area contributed by atoms with E-state index in [1.165, 1.54) is 4.90 Å². The number of nitrogens with one attached hydrogen (secondary N) is 1. The van der Waals surface area contributed by atoms with Crippen molar-refractivity contribution in [3.63, 3.8) is 0 Å². The summed E-state index contributed by atoms with van der Waals surface area (Å²) in [5.74, 6) is -0.996. The van der Waals surface area contributed by atoms with Gasteiger partial charge >= 0.3 is 0 Å². The third kappa shape index (κ3) is 3.60. The largest absolute Gasteiger partial charge is 0.346 e. The van der Waals surface area contributed by atoms with Crippen molar-refractivity contribution < 1.29 is 14.4 Å². The molecule has 1 fully saturated rings. The summed E-state index contributed by atoms with van der Waals surface area (Å²) in [7, 11) is 0. The van der Waals surface area contributed by atoms with Crippen molar-refractivity contribution in [1.29, 1.82) is 0 Å². The summed E-state index contributed by atoms with van der Waals surface area (Å²) < 4.78 is 0. The number of carbonyl (C=O) groups excluding carboxylic acids is 3. The number of anilines is 1. The van der Waals surface area contributed by atoms with Gasteiger partial charge in [0.1, 0.15) is 0 Å². The van der Waals surface area contributed by atoms with Crippen LogP contribution in [0.15, 0.2) is 66.2 Å². The first-order valence-electron chi connectivity index (χ1n) is 9.95. The van der Waals surface area contributed by atoms with Crippen molar-refractivity contribution >= 4 is 23.4 Å². The lowest BCUT2D eigenvalue weighted by molar-refractivity contribution is -0.122. The smallest absolute Gasteiger partial charge is 0.251 e. The summed E-state index contributed by atoms with van der Waals surface area (Å²) in [6.07, 6.45) is 3.32.